The third-order valence-electron chi connectivity index (χ3n) is 2.22. The fourth-order valence-corrected chi connectivity index (χ4v) is 1.64. The Bertz CT molecular complexity index is 548. The quantitative estimate of drug-likeness (QED) is 0.849. The molecule has 0 bridgehead atoms. The van der Waals surface area contributed by atoms with Gasteiger partial charge in [-0.2, -0.15) is 0 Å². The number of nitrogens with one attached hydrogen (secondary N) is 1. The van der Waals surface area contributed by atoms with Crippen molar-refractivity contribution in [2.75, 3.05) is 11.9 Å². The highest BCUT2D eigenvalue weighted by atomic mass is 35.5. The molecule has 5 heteroatoms. The third-order valence-corrected chi connectivity index (χ3v) is 2.43. The average Bonchev–Trinajstić information content (AvgIpc) is 2.33. The Labute approximate surface area is 110 Å². The molecule has 1 N–H and O–H groups in total. The van der Waals surface area contributed by atoms with Crippen LogP contribution in [0.1, 0.15) is 6.92 Å². The Morgan fingerprint density at radius 1 is 1.33 bits per heavy atom. The molecule has 94 valence electrons. The molecule has 1 aromatic heterocycles. The molecule has 2 aromatic rings. The number of anilines is 2. The van der Waals surface area contributed by atoms with E-state index in [2.05, 4.69) is 10.3 Å². The summed E-state index contributed by atoms with van der Waals surface area (Å²) in [6.07, 6.45) is 0. The van der Waals surface area contributed by atoms with E-state index >= 15 is 0 Å². The number of hydrogen-bond donors (Lipinski definition) is 1. The van der Waals surface area contributed by atoms with Gasteiger partial charge in [0.05, 0.1) is 6.61 Å². The Hall–Kier alpha value is -1.81. The lowest BCUT2D eigenvalue weighted by atomic mass is 10.3. The van der Waals surface area contributed by atoms with Gasteiger partial charge in [-0.25, -0.2) is 9.37 Å². The van der Waals surface area contributed by atoms with E-state index < -0.39 is 5.82 Å². The van der Waals surface area contributed by atoms with E-state index in [1.54, 1.807) is 30.3 Å². The van der Waals surface area contributed by atoms with E-state index in [0.717, 1.165) is 0 Å². The van der Waals surface area contributed by atoms with E-state index in [9.17, 15) is 4.39 Å². The molecule has 3 nitrogen and oxygen atoms in total. The van der Waals surface area contributed by atoms with Crippen LogP contribution in [0.3, 0.4) is 0 Å². The summed E-state index contributed by atoms with van der Waals surface area (Å²) in [7, 11) is 0. The summed E-state index contributed by atoms with van der Waals surface area (Å²) < 4.78 is 18.7. The number of hydrogen-bond acceptors (Lipinski definition) is 3. The van der Waals surface area contributed by atoms with Crippen molar-refractivity contribution >= 4 is 23.1 Å². The Morgan fingerprint density at radius 3 is 2.83 bits per heavy atom. The van der Waals surface area contributed by atoms with Gasteiger partial charge >= 0.3 is 0 Å². The van der Waals surface area contributed by atoms with Gasteiger partial charge in [-0.3, -0.25) is 0 Å². The molecule has 0 spiro atoms. The summed E-state index contributed by atoms with van der Waals surface area (Å²) in [5.74, 6) is 0.386. The van der Waals surface area contributed by atoms with E-state index in [1.165, 1.54) is 6.07 Å². The normalized spacial score (nSPS) is 10.2. The first-order chi connectivity index (χ1) is 8.69. The minimum absolute atomic E-state index is 0.238. The van der Waals surface area contributed by atoms with Crippen molar-refractivity contribution in [2.24, 2.45) is 0 Å². The molecule has 1 heterocycles. The van der Waals surface area contributed by atoms with Crippen LogP contribution in [0.5, 0.6) is 5.75 Å². The lowest BCUT2D eigenvalue weighted by molar-refractivity contribution is 0.321. The monoisotopic (exact) mass is 266 g/mol. The molecule has 0 aliphatic rings. The minimum Gasteiger partial charge on any atom is -0.491 e. The van der Waals surface area contributed by atoms with Crippen LogP contribution in [0.25, 0.3) is 0 Å². The van der Waals surface area contributed by atoms with Gasteiger partial charge in [-0.05, 0) is 31.2 Å². The largest absolute Gasteiger partial charge is 0.491 e. The predicted octanol–water partition coefficient (Wildman–Crippen LogP) is 4.02. The molecule has 1 aromatic carbocycles. The number of benzene rings is 1. The number of ether oxygens (including phenoxy) is 1. The maximum atomic E-state index is 13.6. The molecule has 0 radical (unpaired) electrons. The minimum atomic E-state index is -0.413. The first-order valence-electron chi connectivity index (χ1n) is 5.51. The van der Waals surface area contributed by atoms with Gasteiger partial charge in [0, 0.05) is 11.8 Å². The van der Waals surface area contributed by atoms with Crippen molar-refractivity contribution in [2.45, 2.75) is 6.92 Å². The fraction of sp³-hybridized carbons (Fsp3) is 0.154. The number of nitrogens with zero attached hydrogens (tertiary/aromatic N) is 1. The molecule has 0 saturated carbocycles. The Kier molecular flexibility index (Phi) is 3.99. The van der Waals surface area contributed by atoms with Gasteiger partial charge in [0.15, 0.2) is 11.6 Å². The van der Waals surface area contributed by atoms with Gasteiger partial charge in [-0.1, -0.05) is 17.7 Å². The van der Waals surface area contributed by atoms with Crippen LogP contribution in [-0.2, 0) is 0 Å². The standard InChI is InChI=1S/C13H12ClFN2O/c1-2-18-11-7-6-9(8-10(11)15)16-13-5-3-4-12(14)17-13/h3-8H,2H2,1H3,(H,16,17). The van der Waals surface area contributed by atoms with Gasteiger partial charge in [0.2, 0.25) is 0 Å². The summed E-state index contributed by atoms with van der Waals surface area (Å²) in [6.45, 7) is 2.24. The maximum absolute atomic E-state index is 13.6. The zero-order chi connectivity index (χ0) is 13.0. The van der Waals surface area contributed by atoms with Crippen molar-refractivity contribution in [1.29, 1.82) is 0 Å². The SMILES string of the molecule is CCOc1ccc(Nc2cccc(Cl)n2)cc1F. The number of halogens is 2. The number of rotatable bonds is 4. The van der Waals surface area contributed by atoms with Crippen molar-refractivity contribution in [3.8, 4) is 5.75 Å². The molecule has 18 heavy (non-hydrogen) atoms. The van der Waals surface area contributed by atoms with Crippen LogP contribution in [0.15, 0.2) is 36.4 Å². The summed E-state index contributed by atoms with van der Waals surface area (Å²) in [6, 6.07) is 9.84. The molecule has 0 saturated heterocycles. The molecule has 0 fully saturated rings. The third kappa shape index (κ3) is 3.11. The topological polar surface area (TPSA) is 34.1 Å². The summed E-state index contributed by atoms with van der Waals surface area (Å²) >= 11 is 5.76. The van der Waals surface area contributed by atoms with E-state index in [1.807, 2.05) is 6.92 Å². The summed E-state index contributed by atoms with van der Waals surface area (Å²) in [5, 5.41) is 3.34. The number of pyridine rings is 1. The molecule has 0 unspecified atom stereocenters. The lowest BCUT2D eigenvalue weighted by Gasteiger charge is -2.08. The highest BCUT2D eigenvalue weighted by Gasteiger charge is 2.04. The molecule has 0 aliphatic carbocycles. The molecule has 0 aliphatic heterocycles. The summed E-state index contributed by atoms with van der Waals surface area (Å²) in [4.78, 5) is 4.06. The van der Waals surface area contributed by atoms with E-state index in [4.69, 9.17) is 16.3 Å². The van der Waals surface area contributed by atoms with Crippen LogP contribution in [-0.4, -0.2) is 11.6 Å². The second kappa shape index (κ2) is 5.69. The highest BCUT2D eigenvalue weighted by molar-refractivity contribution is 6.29. The van der Waals surface area contributed by atoms with Crippen molar-refractivity contribution < 1.29 is 9.13 Å². The van der Waals surface area contributed by atoms with Crippen LogP contribution in [0.4, 0.5) is 15.9 Å². The number of aromatic nitrogens is 1. The molecule has 0 atom stereocenters. The average molecular weight is 267 g/mol. The maximum Gasteiger partial charge on any atom is 0.167 e. The van der Waals surface area contributed by atoms with E-state index in [-0.39, 0.29) is 5.75 Å². The van der Waals surface area contributed by atoms with Crippen LogP contribution in [0.2, 0.25) is 5.15 Å². The van der Waals surface area contributed by atoms with Gasteiger partial charge in [0.1, 0.15) is 11.0 Å². The highest BCUT2D eigenvalue weighted by Crippen LogP contribution is 2.23. The Morgan fingerprint density at radius 2 is 2.17 bits per heavy atom. The fourth-order valence-electron chi connectivity index (χ4n) is 1.48. The lowest BCUT2D eigenvalue weighted by Crippen LogP contribution is -1.97. The van der Waals surface area contributed by atoms with E-state index in [0.29, 0.717) is 23.3 Å². The second-order valence-electron chi connectivity index (χ2n) is 3.55. The molecular weight excluding hydrogens is 255 g/mol. The predicted molar refractivity (Wildman–Crippen MR) is 70.1 cm³/mol. The van der Waals surface area contributed by atoms with Crippen LogP contribution >= 0.6 is 11.6 Å². The second-order valence-corrected chi connectivity index (χ2v) is 3.94. The van der Waals surface area contributed by atoms with Crippen molar-refractivity contribution in [3.05, 3.63) is 47.4 Å². The zero-order valence-corrected chi connectivity index (χ0v) is 10.5. The van der Waals surface area contributed by atoms with Gasteiger partial charge in [-0.15, -0.1) is 0 Å². The Balaban J connectivity index is 2.17. The van der Waals surface area contributed by atoms with Crippen molar-refractivity contribution in [3.63, 3.8) is 0 Å². The zero-order valence-electron chi connectivity index (χ0n) is 9.78. The van der Waals surface area contributed by atoms with Gasteiger partial charge < -0.3 is 10.1 Å². The van der Waals surface area contributed by atoms with Crippen molar-refractivity contribution in [1.82, 2.24) is 4.98 Å². The van der Waals surface area contributed by atoms with Crippen LogP contribution < -0.4 is 10.1 Å². The molecular formula is C13H12ClFN2O. The molecule has 0 amide bonds. The molecule has 2 rings (SSSR count). The van der Waals surface area contributed by atoms with Gasteiger partial charge in [0.25, 0.3) is 0 Å². The first kappa shape index (κ1) is 12.6. The van der Waals surface area contributed by atoms with Crippen LogP contribution in [0, 0.1) is 5.82 Å². The first-order valence-corrected chi connectivity index (χ1v) is 5.89. The summed E-state index contributed by atoms with van der Waals surface area (Å²) in [5.41, 5.74) is 0.589. The smallest absolute Gasteiger partial charge is 0.167 e.